The number of benzene rings is 1. The van der Waals surface area contributed by atoms with Gasteiger partial charge in [-0.2, -0.15) is 0 Å². The zero-order valence-electron chi connectivity index (χ0n) is 11.5. The van der Waals surface area contributed by atoms with Gasteiger partial charge in [-0.15, -0.1) is 5.10 Å². The quantitative estimate of drug-likeness (QED) is 0.818. The van der Waals surface area contributed by atoms with Crippen molar-refractivity contribution in [2.45, 2.75) is 25.5 Å². The average Bonchev–Trinajstić information content (AvgIpc) is 2.75. The topological polar surface area (TPSA) is 88.0 Å². The number of carboxylic acid groups (broad SMARTS) is 1. The van der Waals surface area contributed by atoms with E-state index < -0.39 is 11.7 Å². The summed E-state index contributed by atoms with van der Waals surface area (Å²) in [6, 6.07) is 3.32. The minimum absolute atomic E-state index is 0.189. The number of thioether (sulfide) groups is 1. The maximum atomic E-state index is 13.6. The number of aryl methyl sites for hydroxylation is 2. The Morgan fingerprint density at radius 3 is 2.62 bits per heavy atom. The van der Waals surface area contributed by atoms with E-state index in [1.54, 1.807) is 26.0 Å². The standard InChI is InChI=1S/C13H14FN3O3S/c1-7-3-9(4-8(2)11(7)14)5-17-12(20)15-16-13(17)21-6-10(18)19/h3-4H,5-6H2,1-2H3,(H,15,20)(H,18,19). The molecule has 0 amide bonds. The first-order valence-electron chi connectivity index (χ1n) is 6.14. The number of nitrogens with zero attached hydrogens (tertiary/aromatic N) is 2. The molecule has 0 atom stereocenters. The number of halogens is 1. The highest BCUT2D eigenvalue weighted by Crippen LogP contribution is 2.18. The Labute approximate surface area is 124 Å². The molecule has 6 nitrogen and oxygen atoms in total. The molecule has 2 rings (SSSR count). The number of rotatable bonds is 5. The first-order valence-corrected chi connectivity index (χ1v) is 7.12. The molecule has 0 bridgehead atoms. The summed E-state index contributed by atoms with van der Waals surface area (Å²) in [6.07, 6.45) is 0. The van der Waals surface area contributed by atoms with Crippen LogP contribution in [0, 0.1) is 19.7 Å². The summed E-state index contributed by atoms with van der Waals surface area (Å²) in [6.45, 7) is 3.52. The van der Waals surface area contributed by atoms with Crippen molar-refractivity contribution in [3.05, 3.63) is 45.1 Å². The molecule has 0 saturated heterocycles. The van der Waals surface area contributed by atoms with Crippen LogP contribution in [-0.4, -0.2) is 31.6 Å². The Kier molecular flexibility index (Phi) is 4.46. The number of aromatic nitrogens is 3. The first-order chi connectivity index (χ1) is 9.88. The van der Waals surface area contributed by atoms with Gasteiger partial charge in [0.15, 0.2) is 5.16 Å². The lowest BCUT2D eigenvalue weighted by molar-refractivity contribution is -0.133. The Hall–Kier alpha value is -2.09. The monoisotopic (exact) mass is 311 g/mol. The number of hydrogen-bond donors (Lipinski definition) is 2. The predicted molar refractivity (Wildman–Crippen MR) is 76.2 cm³/mol. The molecule has 0 radical (unpaired) electrons. The van der Waals surface area contributed by atoms with Crippen LogP contribution in [0.1, 0.15) is 16.7 Å². The number of carboxylic acids is 1. The van der Waals surface area contributed by atoms with Crippen molar-refractivity contribution < 1.29 is 14.3 Å². The molecule has 0 aliphatic carbocycles. The molecule has 0 unspecified atom stereocenters. The summed E-state index contributed by atoms with van der Waals surface area (Å²) in [4.78, 5) is 22.3. The lowest BCUT2D eigenvalue weighted by Gasteiger charge is -2.08. The number of carbonyl (C=O) groups is 1. The van der Waals surface area contributed by atoms with Crippen molar-refractivity contribution in [3.63, 3.8) is 0 Å². The molecule has 0 aliphatic heterocycles. The van der Waals surface area contributed by atoms with Crippen LogP contribution >= 0.6 is 11.8 Å². The van der Waals surface area contributed by atoms with Gasteiger partial charge in [0.25, 0.3) is 0 Å². The fraction of sp³-hybridized carbons (Fsp3) is 0.308. The highest BCUT2D eigenvalue weighted by molar-refractivity contribution is 7.99. The molecule has 0 saturated carbocycles. The SMILES string of the molecule is Cc1cc(Cn2c(SCC(=O)O)n[nH]c2=O)cc(C)c1F. The number of aromatic amines is 1. The molecule has 0 aliphatic rings. The fourth-order valence-corrected chi connectivity index (χ4v) is 2.65. The molecule has 1 aromatic heterocycles. The molecule has 8 heteroatoms. The summed E-state index contributed by atoms with van der Waals surface area (Å²) in [5.74, 6) is -1.44. The van der Waals surface area contributed by atoms with E-state index in [4.69, 9.17) is 5.11 Å². The van der Waals surface area contributed by atoms with Crippen LogP contribution < -0.4 is 5.69 Å². The van der Waals surface area contributed by atoms with Gasteiger partial charge in [-0.05, 0) is 30.5 Å². The number of hydrogen-bond acceptors (Lipinski definition) is 4. The van der Waals surface area contributed by atoms with Crippen molar-refractivity contribution in [1.82, 2.24) is 14.8 Å². The zero-order chi connectivity index (χ0) is 15.6. The second kappa shape index (κ2) is 6.13. The van der Waals surface area contributed by atoms with Crippen LogP contribution in [0.4, 0.5) is 4.39 Å². The molecule has 112 valence electrons. The van der Waals surface area contributed by atoms with Gasteiger partial charge in [0, 0.05) is 0 Å². The van der Waals surface area contributed by atoms with Gasteiger partial charge in [-0.25, -0.2) is 14.3 Å². The third-order valence-corrected chi connectivity index (χ3v) is 3.85. The van der Waals surface area contributed by atoms with Crippen LogP contribution in [0.2, 0.25) is 0 Å². The fourth-order valence-electron chi connectivity index (χ4n) is 1.99. The molecule has 21 heavy (non-hydrogen) atoms. The van der Waals surface area contributed by atoms with Gasteiger partial charge in [0.05, 0.1) is 12.3 Å². The van der Waals surface area contributed by atoms with E-state index in [1.165, 1.54) is 4.57 Å². The molecule has 2 aromatic rings. The van der Waals surface area contributed by atoms with Gasteiger partial charge in [0.2, 0.25) is 0 Å². The third kappa shape index (κ3) is 3.52. The zero-order valence-corrected chi connectivity index (χ0v) is 12.3. The van der Waals surface area contributed by atoms with E-state index in [0.717, 1.165) is 17.3 Å². The largest absolute Gasteiger partial charge is 0.481 e. The average molecular weight is 311 g/mol. The summed E-state index contributed by atoms with van der Waals surface area (Å²) >= 11 is 0.954. The van der Waals surface area contributed by atoms with E-state index in [1.807, 2.05) is 0 Å². The number of aliphatic carboxylic acids is 1. The Morgan fingerprint density at radius 2 is 2.05 bits per heavy atom. The van der Waals surface area contributed by atoms with Crippen molar-refractivity contribution >= 4 is 17.7 Å². The van der Waals surface area contributed by atoms with Crippen molar-refractivity contribution in [1.29, 1.82) is 0 Å². The number of nitrogens with one attached hydrogen (secondary N) is 1. The molecule has 1 aromatic carbocycles. The molecular weight excluding hydrogens is 297 g/mol. The third-order valence-electron chi connectivity index (χ3n) is 2.88. The van der Waals surface area contributed by atoms with Gasteiger partial charge in [0.1, 0.15) is 5.82 Å². The van der Waals surface area contributed by atoms with Gasteiger partial charge in [-0.1, -0.05) is 23.9 Å². The molecular formula is C13H14FN3O3S. The van der Waals surface area contributed by atoms with E-state index in [0.29, 0.717) is 16.3 Å². The Bertz CT molecular complexity index is 715. The van der Waals surface area contributed by atoms with E-state index in [9.17, 15) is 14.0 Å². The van der Waals surface area contributed by atoms with E-state index in [2.05, 4.69) is 10.2 Å². The van der Waals surface area contributed by atoms with Crippen molar-refractivity contribution in [2.75, 3.05) is 5.75 Å². The maximum Gasteiger partial charge on any atom is 0.344 e. The van der Waals surface area contributed by atoms with Crippen LogP contribution in [0.25, 0.3) is 0 Å². The van der Waals surface area contributed by atoms with E-state index in [-0.39, 0.29) is 18.1 Å². The van der Waals surface area contributed by atoms with Crippen LogP contribution in [0.5, 0.6) is 0 Å². The smallest absolute Gasteiger partial charge is 0.344 e. The summed E-state index contributed by atoms with van der Waals surface area (Å²) < 4.78 is 14.9. The van der Waals surface area contributed by atoms with Crippen molar-refractivity contribution in [2.24, 2.45) is 0 Å². The Balaban J connectivity index is 2.29. The second-order valence-corrected chi connectivity index (χ2v) is 5.57. The molecule has 2 N–H and O–H groups in total. The second-order valence-electron chi connectivity index (χ2n) is 4.62. The summed E-state index contributed by atoms with van der Waals surface area (Å²) in [5.41, 5.74) is 1.33. The lowest BCUT2D eigenvalue weighted by Crippen LogP contribution is -2.19. The van der Waals surface area contributed by atoms with Gasteiger partial charge < -0.3 is 5.11 Å². The highest BCUT2D eigenvalue weighted by Gasteiger charge is 2.12. The van der Waals surface area contributed by atoms with E-state index >= 15 is 0 Å². The van der Waals surface area contributed by atoms with Gasteiger partial charge in [-0.3, -0.25) is 9.36 Å². The summed E-state index contributed by atoms with van der Waals surface area (Å²) in [5, 5.41) is 15.1. The normalized spacial score (nSPS) is 10.8. The minimum atomic E-state index is -0.990. The first kappa shape index (κ1) is 15.3. The molecule has 0 fully saturated rings. The lowest BCUT2D eigenvalue weighted by atomic mass is 10.1. The van der Waals surface area contributed by atoms with Crippen LogP contribution in [-0.2, 0) is 11.3 Å². The minimum Gasteiger partial charge on any atom is -0.481 e. The maximum absolute atomic E-state index is 13.6. The van der Waals surface area contributed by atoms with Crippen LogP contribution in [0.3, 0.4) is 0 Å². The number of H-pyrrole nitrogens is 1. The highest BCUT2D eigenvalue weighted by atomic mass is 32.2. The molecule has 0 spiro atoms. The van der Waals surface area contributed by atoms with Crippen LogP contribution in [0.15, 0.2) is 22.1 Å². The Morgan fingerprint density at radius 1 is 1.43 bits per heavy atom. The predicted octanol–water partition coefficient (Wildman–Crippen LogP) is 1.55. The van der Waals surface area contributed by atoms with Gasteiger partial charge >= 0.3 is 11.7 Å². The molecule has 1 heterocycles. The van der Waals surface area contributed by atoms with Crippen molar-refractivity contribution in [3.8, 4) is 0 Å². The summed E-state index contributed by atoms with van der Waals surface area (Å²) in [7, 11) is 0.